The Bertz CT molecular complexity index is 915. The number of allylic oxidation sites excluding steroid dienone is 2. The van der Waals surface area contributed by atoms with Crippen molar-refractivity contribution in [2.75, 3.05) is 0 Å². The molecule has 164 valence electrons. The summed E-state index contributed by atoms with van der Waals surface area (Å²) >= 11 is -1.16. The van der Waals surface area contributed by atoms with Crippen molar-refractivity contribution in [2.24, 2.45) is 0 Å². The van der Waals surface area contributed by atoms with Crippen LogP contribution in [-0.4, -0.2) is 40.4 Å². The molecule has 2 radical (unpaired) electrons. The van der Waals surface area contributed by atoms with E-state index in [4.69, 9.17) is 0 Å². The molecule has 0 saturated heterocycles. The van der Waals surface area contributed by atoms with Crippen LogP contribution in [0.2, 0.25) is 36.3 Å². The Morgan fingerprint density at radius 1 is 0.516 bits per heavy atom. The molecule has 0 aromatic heterocycles. The summed E-state index contributed by atoms with van der Waals surface area (Å²) in [5, 5.41) is 0.722. The Morgan fingerprint density at radius 2 is 0.806 bits per heavy atom. The summed E-state index contributed by atoms with van der Waals surface area (Å²) in [6, 6.07) is 22.7. The van der Waals surface area contributed by atoms with Gasteiger partial charge in [-0.05, 0) is 0 Å². The Labute approximate surface area is 205 Å². The van der Waals surface area contributed by atoms with Crippen LogP contribution >= 0.6 is 0 Å². The second kappa shape index (κ2) is 8.57. The second-order valence-electron chi connectivity index (χ2n) is 12.1. The standard InChI is InChI=1S/C28H40Si2.Pb/c1-27(2,3)29(7,8)21-25(23-17-13-11-14-18-23)26(24-19-15-12-16-20-24)22-30(9,10)28(4,5)6;/h11-20H,1-10H3;. The summed E-state index contributed by atoms with van der Waals surface area (Å²) in [7, 11) is -3.25. The summed E-state index contributed by atoms with van der Waals surface area (Å²) in [5.74, 6) is 0. The molecule has 0 saturated carbocycles. The van der Waals surface area contributed by atoms with E-state index in [0.717, 1.165) is 0 Å². The van der Waals surface area contributed by atoms with E-state index >= 15 is 0 Å². The molecule has 2 aromatic rings. The zero-order chi connectivity index (χ0) is 23.2. The van der Waals surface area contributed by atoms with Crippen molar-refractivity contribution in [3.63, 3.8) is 0 Å². The van der Waals surface area contributed by atoms with E-state index in [0.29, 0.717) is 10.1 Å². The fraction of sp³-hybridized carbons (Fsp3) is 0.429. The van der Waals surface area contributed by atoms with Crippen LogP contribution in [0.25, 0.3) is 11.1 Å². The van der Waals surface area contributed by atoms with E-state index in [9.17, 15) is 0 Å². The maximum absolute atomic E-state index is 2.65. The van der Waals surface area contributed by atoms with Crippen LogP contribution < -0.4 is 0 Å². The van der Waals surface area contributed by atoms with E-state index in [2.05, 4.69) is 128 Å². The molecular formula is C28H40PbSi2. The molecule has 0 amide bonds. The van der Waals surface area contributed by atoms with Gasteiger partial charge < -0.3 is 0 Å². The fourth-order valence-electron chi connectivity index (χ4n) is 3.97. The average molecular weight is 640 g/mol. The molecule has 0 nitrogen and oxygen atoms in total. The molecule has 2 aromatic carbocycles. The Balaban J connectivity index is 2.42. The van der Waals surface area contributed by atoms with Crippen LogP contribution in [0.4, 0.5) is 0 Å². The van der Waals surface area contributed by atoms with E-state index in [1.165, 1.54) is 11.1 Å². The van der Waals surface area contributed by atoms with Crippen molar-refractivity contribution in [1.82, 2.24) is 0 Å². The van der Waals surface area contributed by atoms with Gasteiger partial charge in [-0.25, -0.2) is 0 Å². The maximum atomic E-state index is 2.65. The quantitative estimate of drug-likeness (QED) is 0.294. The molecule has 0 fully saturated rings. The van der Waals surface area contributed by atoms with Crippen LogP contribution in [0, 0.1) is 0 Å². The van der Waals surface area contributed by atoms with Crippen molar-refractivity contribution >= 4 is 51.5 Å². The van der Waals surface area contributed by atoms with Gasteiger partial charge in [0.25, 0.3) is 0 Å². The van der Waals surface area contributed by atoms with E-state index < -0.39 is 40.4 Å². The van der Waals surface area contributed by atoms with Gasteiger partial charge in [-0.3, -0.25) is 0 Å². The van der Waals surface area contributed by atoms with E-state index in [1.807, 2.05) is 5.51 Å². The van der Waals surface area contributed by atoms with Crippen LogP contribution in [0.5, 0.6) is 0 Å². The van der Waals surface area contributed by atoms with Crippen molar-refractivity contribution in [3.8, 4) is 0 Å². The second-order valence-corrected chi connectivity index (χ2v) is 31.4. The molecule has 1 aliphatic heterocycles. The molecule has 1 aliphatic rings. The number of rotatable bonds is 4. The molecule has 0 spiro atoms. The molecule has 0 atom stereocenters. The van der Waals surface area contributed by atoms with Crippen LogP contribution in [0.1, 0.15) is 52.7 Å². The molecule has 3 rings (SSSR count). The van der Waals surface area contributed by atoms with Crippen molar-refractivity contribution in [1.29, 1.82) is 0 Å². The van der Waals surface area contributed by atoms with Gasteiger partial charge in [0.1, 0.15) is 0 Å². The van der Waals surface area contributed by atoms with Crippen LogP contribution in [-0.2, 0) is 0 Å². The summed E-state index contributed by atoms with van der Waals surface area (Å²) in [4.78, 5) is 0. The summed E-state index contributed by atoms with van der Waals surface area (Å²) < 4.78 is 3.90. The normalized spacial score (nSPS) is 16.3. The molecule has 1 heterocycles. The first-order valence-corrected chi connectivity index (χ1v) is 21.5. The molecule has 0 unspecified atom stereocenters. The molecule has 0 aliphatic carbocycles. The minimum atomic E-state index is -1.63. The average Bonchev–Trinajstić information content (AvgIpc) is 3.09. The molecule has 0 N–H and O–H groups in total. The zero-order valence-electron chi connectivity index (χ0n) is 21.3. The van der Waals surface area contributed by atoms with Gasteiger partial charge in [0.15, 0.2) is 0 Å². The van der Waals surface area contributed by atoms with Crippen molar-refractivity contribution < 1.29 is 0 Å². The number of hydrogen-bond donors (Lipinski definition) is 0. The first-order chi connectivity index (χ1) is 14.2. The van der Waals surface area contributed by atoms with Crippen LogP contribution in [0.3, 0.4) is 0 Å². The van der Waals surface area contributed by atoms with E-state index in [-0.39, 0.29) is 0 Å². The molecular weight excluding hydrogens is 600 g/mol. The van der Waals surface area contributed by atoms with Crippen molar-refractivity contribution in [2.45, 2.75) is 77.8 Å². The third kappa shape index (κ3) is 4.54. The Morgan fingerprint density at radius 3 is 1.06 bits per heavy atom. The third-order valence-electron chi connectivity index (χ3n) is 8.12. The van der Waals surface area contributed by atoms with Gasteiger partial charge >= 0.3 is 207 Å². The van der Waals surface area contributed by atoms with Crippen LogP contribution in [0.15, 0.2) is 66.2 Å². The Kier molecular flexibility index (Phi) is 6.88. The predicted molar refractivity (Wildman–Crippen MR) is 147 cm³/mol. The number of hydrogen-bond acceptors (Lipinski definition) is 0. The molecule has 3 heteroatoms. The topological polar surface area (TPSA) is 0 Å². The predicted octanol–water partition coefficient (Wildman–Crippen LogP) is 8.62. The van der Waals surface area contributed by atoms with E-state index in [1.54, 1.807) is 11.1 Å². The summed E-state index contributed by atoms with van der Waals surface area (Å²) in [5.41, 5.74) is 6.17. The van der Waals surface area contributed by atoms with Gasteiger partial charge in [-0.15, -0.1) is 0 Å². The summed E-state index contributed by atoms with van der Waals surface area (Å²) in [6.45, 7) is 25.5. The SMILES string of the molecule is CC(C)(C)[Si](C)(C)[C]1=C(c2ccccc2)C(c2ccccc2)=[C]([Si](C)(C)C(C)(C)C)[Pb]1. The fourth-order valence-corrected chi connectivity index (χ4v) is 31.3. The molecule has 31 heavy (non-hydrogen) atoms. The van der Waals surface area contributed by atoms with Gasteiger partial charge in [0.05, 0.1) is 0 Å². The van der Waals surface area contributed by atoms with Gasteiger partial charge in [0.2, 0.25) is 0 Å². The first kappa shape index (κ1) is 24.9. The zero-order valence-corrected chi connectivity index (χ0v) is 27.2. The third-order valence-corrected chi connectivity index (χ3v) is 39.3. The van der Waals surface area contributed by atoms with Crippen molar-refractivity contribution in [3.05, 3.63) is 77.3 Å². The minimum absolute atomic E-state index is 0.361. The molecule has 0 bridgehead atoms. The summed E-state index contributed by atoms with van der Waals surface area (Å²) in [6.07, 6.45) is 0. The van der Waals surface area contributed by atoms with Gasteiger partial charge in [-0.1, -0.05) is 0 Å². The van der Waals surface area contributed by atoms with Gasteiger partial charge in [-0.2, -0.15) is 0 Å². The Hall–Kier alpha value is -0.724. The first-order valence-electron chi connectivity index (χ1n) is 11.6. The number of benzene rings is 2. The van der Waals surface area contributed by atoms with Gasteiger partial charge in [0, 0.05) is 0 Å². The monoisotopic (exact) mass is 640 g/mol.